The van der Waals surface area contributed by atoms with Crippen LogP contribution in [0.1, 0.15) is 23.2 Å². The molecule has 162 valence electrons. The molecule has 0 aliphatic carbocycles. The average molecular weight is 429 g/mol. The van der Waals surface area contributed by atoms with Crippen LogP contribution in [0.15, 0.2) is 12.1 Å². The number of rotatable bonds is 8. The lowest BCUT2D eigenvalue weighted by Gasteiger charge is -2.35. The van der Waals surface area contributed by atoms with Gasteiger partial charge in [-0.05, 0) is 19.0 Å². The van der Waals surface area contributed by atoms with Gasteiger partial charge in [0.1, 0.15) is 0 Å². The molecule has 0 unspecified atom stereocenters. The van der Waals surface area contributed by atoms with E-state index < -0.39 is 6.10 Å². The van der Waals surface area contributed by atoms with Crippen LogP contribution in [-0.4, -0.2) is 86.3 Å². The summed E-state index contributed by atoms with van der Waals surface area (Å²) >= 11 is 6.14. The van der Waals surface area contributed by atoms with Gasteiger partial charge in [-0.3, -0.25) is 9.69 Å². The van der Waals surface area contributed by atoms with Gasteiger partial charge in [-0.1, -0.05) is 11.6 Å². The first-order valence-electron chi connectivity index (χ1n) is 10.0. The zero-order valence-corrected chi connectivity index (χ0v) is 17.2. The summed E-state index contributed by atoms with van der Waals surface area (Å²) in [5.74, 6) is 0.587. The van der Waals surface area contributed by atoms with E-state index in [0.717, 1.165) is 19.4 Å². The fraction of sp³-hybridized carbons (Fsp3) is 0.650. The first kappa shape index (κ1) is 22.1. The lowest BCUT2D eigenvalue weighted by Crippen LogP contribution is -2.48. The van der Waals surface area contributed by atoms with Crippen molar-refractivity contribution in [3.8, 4) is 11.5 Å². The van der Waals surface area contributed by atoms with Gasteiger partial charge < -0.3 is 29.7 Å². The van der Waals surface area contributed by atoms with Crippen LogP contribution in [0, 0.1) is 5.92 Å². The molecule has 2 atom stereocenters. The molecule has 2 aliphatic rings. The van der Waals surface area contributed by atoms with Gasteiger partial charge in [-0.15, -0.1) is 0 Å². The highest BCUT2D eigenvalue weighted by Crippen LogP contribution is 2.36. The number of ether oxygens (including phenoxy) is 3. The molecular formula is C20H29ClN2O6. The maximum Gasteiger partial charge on any atom is 0.255 e. The highest BCUT2D eigenvalue weighted by atomic mass is 35.5. The summed E-state index contributed by atoms with van der Waals surface area (Å²) in [7, 11) is 0. The molecule has 9 heteroatoms. The highest BCUT2D eigenvalue weighted by Gasteiger charge is 2.28. The number of hydrogen-bond acceptors (Lipinski definition) is 7. The SMILES string of the molecule is O=C(NC[C@@H]1CCN(CCOCCO)C[C@H]1O)c1cc(Cl)cc2c1OCCCO2. The summed E-state index contributed by atoms with van der Waals surface area (Å²) in [6, 6.07) is 3.23. The van der Waals surface area contributed by atoms with Crippen LogP contribution in [0.25, 0.3) is 0 Å². The summed E-state index contributed by atoms with van der Waals surface area (Å²) in [6.45, 7) is 4.30. The van der Waals surface area contributed by atoms with Crippen molar-refractivity contribution in [2.75, 3.05) is 59.2 Å². The number of nitrogens with one attached hydrogen (secondary N) is 1. The minimum Gasteiger partial charge on any atom is -0.489 e. The second kappa shape index (κ2) is 11.0. The Hall–Kier alpha value is -1.58. The quantitative estimate of drug-likeness (QED) is 0.529. The van der Waals surface area contributed by atoms with E-state index in [2.05, 4.69) is 10.2 Å². The number of likely N-dealkylation sites (tertiary alicyclic amines) is 1. The molecular weight excluding hydrogens is 400 g/mol. The lowest BCUT2D eigenvalue weighted by atomic mass is 9.93. The number of aliphatic hydroxyl groups excluding tert-OH is 2. The van der Waals surface area contributed by atoms with Crippen molar-refractivity contribution in [1.82, 2.24) is 10.2 Å². The second-order valence-electron chi connectivity index (χ2n) is 7.29. The fourth-order valence-corrected chi connectivity index (χ4v) is 3.78. The molecule has 1 amide bonds. The smallest absolute Gasteiger partial charge is 0.255 e. The molecule has 2 heterocycles. The second-order valence-corrected chi connectivity index (χ2v) is 7.73. The Balaban J connectivity index is 1.52. The predicted molar refractivity (Wildman–Crippen MR) is 108 cm³/mol. The molecule has 1 saturated heterocycles. The third kappa shape index (κ3) is 6.20. The van der Waals surface area contributed by atoms with E-state index in [1.165, 1.54) is 0 Å². The van der Waals surface area contributed by atoms with Crippen molar-refractivity contribution in [2.24, 2.45) is 5.92 Å². The molecule has 0 saturated carbocycles. The molecule has 1 aromatic carbocycles. The van der Waals surface area contributed by atoms with Gasteiger partial charge in [-0.2, -0.15) is 0 Å². The van der Waals surface area contributed by atoms with Gasteiger partial charge in [0.25, 0.3) is 5.91 Å². The molecule has 1 aromatic rings. The van der Waals surface area contributed by atoms with Crippen LogP contribution < -0.4 is 14.8 Å². The molecule has 8 nitrogen and oxygen atoms in total. The maximum absolute atomic E-state index is 12.8. The third-order valence-electron chi connectivity index (χ3n) is 5.17. The molecule has 0 aromatic heterocycles. The van der Waals surface area contributed by atoms with E-state index in [4.69, 9.17) is 30.9 Å². The number of halogens is 1. The standard InChI is InChI=1S/C20H29ClN2O6/c21-15-10-16(19-18(11-15)28-6-1-7-29-19)20(26)22-12-14-2-3-23(13-17(14)25)4-8-27-9-5-24/h10-11,14,17,24-25H,1-9,12-13H2,(H,22,26)/t14-,17+/m0/s1. The van der Waals surface area contributed by atoms with Crippen molar-refractivity contribution in [3.05, 3.63) is 22.7 Å². The minimum absolute atomic E-state index is 0.0113. The summed E-state index contributed by atoms with van der Waals surface area (Å²) in [6.07, 6.45) is 0.982. The zero-order chi connectivity index (χ0) is 20.6. The van der Waals surface area contributed by atoms with E-state index in [1.807, 2.05) is 0 Å². The van der Waals surface area contributed by atoms with Gasteiger partial charge in [-0.25, -0.2) is 0 Å². The van der Waals surface area contributed by atoms with Crippen molar-refractivity contribution in [1.29, 1.82) is 0 Å². The van der Waals surface area contributed by atoms with E-state index in [0.29, 0.717) is 68.1 Å². The number of hydrogen-bond donors (Lipinski definition) is 3. The summed E-state index contributed by atoms with van der Waals surface area (Å²) in [4.78, 5) is 14.9. The number of carbonyl (C=O) groups is 1. The number of β-amino-alcohol motifs (C(OH)–C–C–N with tert-alkyl or cyclic N) is 1. The topological polar surface area (TPSA) is 100 Å². The number of carbonyl (C=O) groups excluding carboxylic acids is 1. The first-order valence-corrected chi connectivity index (χ1v) is 10.4. The Labute approximate surface area is 175 Å². The Morgan fingerprint density at radius 2 is 2.14 bits per heavy atom. The minimum atomic E-state index is -0.530. The molecule has 2 aliphatic heterocycles. The molecule has 3 N–H and O–H groups in total. The largest absolute Gasteiger partial charge is 0.489 e. The number of fused-ring (bicyclic) bond motifs is 1. The Morgan fingerprint density at radius 1 is 1.31 bits per heavy atom. The van der Waals surface area contributed by atoms with Crippen molar-refractivity contribution in [3.63, 3.8) is 0 Å². The molecule has 0 radical (unpaired) electrons. The van der Waals surface area contributed by atoms with E-state index in [-0.39, 0.29) is 18.4 Å². The van der Waals surface area contributed by atoms with Gasteiger partial charge in [0.15, 0.2) is 11.5 Å². The number of aliphatic hydroxyl groups is 2. The van der Waals surface area contributed by atoms with E-state index in [9.17, 15) is 9.90 Å². The van der Waals surface area contributed by atoms with Gasteiger partial charge >= 0.3 is 0 Å². The first-order chi connectivity index (χ1) is 14.1. The van der Waals surface area contributed by atoms with Crippen molar-refractivity contribution in [2.45, 2.75) is 18.9 Å². The van der Waals surface area contributed by atoms with Gasteiger partial charge in [0.05, 0.1) is 44.7 Å². The zero-order valence-electron chi connectivity index (χ0n) is 16.4. The molecule has 29 heavy (non-hydrogen) atoms. The number of amides is 1. The molecule has 0 bridgehead atoms. The van der Waals surface area contributed by atoms with Crippen LogP contribution in [0.5, 0.6) is 11.5 Å². The summed E-state index contributed by atoms with van der Waals surface area (Å²) in [5.41, 5.74) is 0.349. The number of benzene rings is 1. The lowest BCUT2D eigenvalue weighted by molar-refractivity contribution is 0.00568. The van der Waals surface area contributed by atoms with Crippen LogP contribution >= 0.6 is 11.6 Å². The normalized spacial score (nSPS) is 22.2. The van der Waals surface area contributed by atoms with E-state index >= 15 is 0 Å². The Bertz CT molecular complexity index is 689. The number of piperidine rings is 1. The van der Waals surface area contributed by atoms with Gasteiger partial charge in [0.2, 0.25) is 0 Å². The third-order valence-corrected chi connectivity index (χ3v) is 5.39. The molecule has 1 fully saturated rings. The van der Waals surface area contributed by atoms with Crippen LogP contribution in [0.3, 0.4) is 0 Å². The Kier molecular flexibility index (Phi) is 8.38. The van der Waals surface area contributed by atoms with Crippen LogP contribution in [-0.2, 0) is 4.74 Å². The van der Waals surface area contributed by atoms with Crippen molar-refractivity contribution >= 4 is 17.5 Å². The molecule has 3 rings (SSSR count). The fourth-order valence-electron chi connectivity index (χ4n) is 3.57. The van der Waals surface area contributed by atoms with Crippen LogP contribution in [0.2, 0.25) is 5.02 Å². The summed E-state index contributed by atoms with van der Waals surface area (Å²) < 4.78 is 16.6. The van der Waals surface area contributed by atoms with Gasteiger partial charge in [0, 0.05) is 43.1 Å². The average Bonchev–Trinajstić information content (AvgIpc) is 2.95. The monoisotopic (exact) mass is 428 g/mol. The van der Waals surface area contributed by atoms with Crippen LogP contribution in [0.4, 0.5) is 0 Å². The Morgan fingerprint density at radius 3 is 2.93 bits per heavy atom. The highest BCUT2D eigenvalue weighted by molar-refractivity contribution is 6.31. The van der Waals surface area contributed by atoms with Crippen molar-refractivity contribution < 1.29 is 29.2 Å². The number of nitrogens with zero attached hydrogens (tertiary/aromatic N) is 1. The van der Waals surface area contributed by atoms with E-state index in [1.54, 1.807) is 12.1 Å². The summed E-state index contributed by atoms with van der Waals surface area (Å²) in [5, 5.41) is 22.5. The maximum atomic E-state index is 12.8. The molecule has 0 spiro atoms. The predicted octanol–water partition coefficient (Wildman–Crippen LogP) is 0.923.